The van der Waals surface area contributed by atoms with Crippen LogP contribution in [-0.2, 0) is 4.79 Å². The average Bonchev–Trinajstić information content (AvgIpc) is 2.57. The molecule has 0 amide bonds. The van der Waals surface area contributed by atoms with Crippen LogP contribution in [0.15, 0.2) is 35.9 Å². The zero-order chi connectivity index (χ0) is 16.7. The predicted octanol–water partition coefficient (Wildman–Crippen LogP) is 5.17. The average molecular weight is 316 g/mol. The minimum atomic E-state index is -0.760. The molecule has 0 heterocycles. The van der Waals surface area contributed by atoms with E-state index in [1.807, 2.05) is 6.92 Å². The highest BCUT2D eigenvalue weighted by atomic mass is 16.5. The van der Waals surface area contributed by atoms with Gasteiger partial charge in [-0.2, -0.15) is 0 Å². The largest absolute Gasteiger partial charge is 0.494 e. The second-order valence-electron chi connectivity index (χ2n) is 6.37. The van der Waals surface area contributed by atoms with Crippen molar-refractivity contribution in [3.05, 3.63) is 41.5 Å². The summed E-state index contributed by atoms with van der Waals surface area (Å²) in [6.45, 7) is 4.77. The summed E-state index contributed by atoms with van der Waals surface area (Å²) in [5, 5.41) is 9.25. The van der Waals surface area contributed by atoms with Crippen LogP contribution < -0.4 is 4.74 Å². The van der Waals surface area contributed by atoms with E-state index in [0.29, 0.717) is 11.5 Å². The van der Waals surface area contributed by atoms with Crippen LogP contribution in [0.3, 0.4) is 0 Å². The van der Waals surface area contributed by atoms with Gasteiger partial charge in [0.15, 0.2) is 0 Å². The molecule has 0 spiro atoms. The van der Waals surface area contributed by atoms with E-state index in [9.17, 15) is 9.90 Å². The molecule has 1 fully saturated rings. The normalized spacial score (nSPS) is 21.9. The van der Waals surface area contributed by atoms with Gasteiger partial charge in [-0.15, -0.1) is 0 Å². The topological polar surface area (TPSA) is 46.5 Å². The van der Waals surface area contributed by atoms with Crippen LogP contribution in [0.1, 0.15) is 63.9 Å². The van der Waals surface area contributed by atoms with Crippen LogP contribution in [0.2, 0.25) is 0 Å². The number of benzene rings is 1. The number of carboxylic acids is 1. The Kier molecular flexibility index (Phi) is 6.69. The van der Waals surface area contributed by atoms with Gasteiger partial charge in [-0.25, -0.2) is 4.79 Å². The van der Waals surface area contributed by atoms with E-state index in [0.717, 1.165) is 50.9 Å². The van der Waals surface area contributed by atoms with Crippen molar-refractivity contribution >= 4 is 5.97 Å². The highest BCUT2D eigenvalue weighted by Crippen LogP contribution is 2.39. The van der Waals surface area contributed by atoms with Crippen molar-refractivity contribution < 1.29 is 14.6 Å². The minimum Gasteiger partial charge on any atom is -0.494 e. The lowest BCUT2D eigenvalue weighted by atomic mass is 9.76. The lowest BCUT2D eigenvalue weighted by Crippen LogP contribution is -2.19. The quantitative estimate of drug-likeness (QED) is 0.557. The van der Waals surface area contributed by atoms with Crippen LogP contribution >= 0.6 is 0 Å². The molecular formula is C20H28O3. The third kappa shape index (κ3) is 4.85. The van der Waals surface area contributed by atoms with Crippen molar-refractivity contribution in [2.75, 3.05) is 6.61 Å². The maximum absolute atomic E-state index is 11.2. The van der Waals surface area contributed by atoms with Gasteiger partial charge in [-0.3, -0.25) is 0 Å². The van der Waals surface area contributed by atoms with Crippen LogP contribution in [0.25, 0.3) is 0 Å². The molecule has 0 atom stereocenters. The fourth-order valence-electron chi connectivity index (χ4n) is 3.44. The molecule has 3 heteroatoms. The predicted molar refractivity (Wildman–Crippen MR) is 92.9 cm³/mol. The van der Waals surface area contributed by atoms with Crippen LogP contribution in [0, 0.1) is 5.92 Å². The molecule has 3 nitrogen and oxygen atoms in total. The van der Waals surface area contributed by atoms with Crippen molar-refractivity contribution in [2.45, 2.75) is 58.3 Å². The Hall–Kier alpha value is -1.77. The maximum Gasteiger partial charge on any atom is 0.331 e. The number of hydrogen-bond acceptors (Lipinski definition) is 2. The molecule has 1 aromatic rings. The van der Waals surface area contributed by atoms with Gasteiger partial charge in [0.05, 0.1) is 6.61 Å². The first-order valence-electron chi connectivity index (χ1n) is 8.78. The summed E-state index contributed by atoms with van der Waals surface area (Å²) in [4.78, 5) is 11.2. The minimum absolute atomic E-state index is 0.213. The van der Waals surface area contributed by atoms with E-state index >= 15 is 0 Å². The van der Waals surface area contributed by atoms with E-state index in [-0.39, 0.29) is 5.92 Å². The molecule has 1 saturated carbocycles. The molecule has 0 radical (unpaired) electrons. The van der Waals surface area contributed by atoms with E-state index < -0.39 is 5.97 Å². The zero-order valence-corrected chi connectivity index (χ0v) is 14.3. The van der Waals surface area contributed by atoms with Gasteiger partial charge in [-0.1, -0.05) is 31.6 Å². The van der Waals surface area contributed by atoms with Gasteiger partial charge in [0.1, 0.15) is 5.75 Å². The van der Waals surface area contributed by atoms with Gasteiger partial charge in [-0.05, 0) is 68.6 Å². The maximum atomic E-state index is 11.2. The number of aliphatic carboxylic acids is 1. The van der Waals surface area contributed by atoms with E-state index in [2.05, 4.69) is 31.2 Å². The first kappa shape index (κ1) is 17.6. The van der Waals surface area contributed by atoms with Crippen molar-refractivity contribution in [3.63, 3.8) is 0 Å². The highest BCUT2D eigenvalue weighted by molar-refractivity contribution is 5.87. The van der Waals surface area contributed by atoms with Crippen LogP contribution in [0.5, 0.6) is 5.75 Å². The molecule has 0 aromatic heterocycles. The number of hydrogen-bond donors (Lipinski definition) is 1. The second-order valence-corrected chi connectivity index (χ2v) is 6.37. The summed E-state index contributed by atoms with van der Waals surface area (Å²) in [5.41, 5.74) is 1.94. The summed E-state index contributed by atoms with van der Waals surface area (Å²) >= 11 is 0. The second kappa shape index (κ2) is 8.76. The van der Waals surface area contributed by atoms with Gasteiger partial charge in [0.25, 0.3) is 0 Å². The zero-order valence-electron chi connectivity index (χ0n) is 14.3. The Balaban J connectivity index is 1.89. The standard InChI is InChI=1S/C20H28O3/c1-3-5-14-23-18-12-10-16(11-13-18)15-6-8-17(9-7-15)19(4-2)20(21)22/h4,10-13,15,17H,3,5-9,14H2,1-2H3,(H,21,22)/t15-,17-. The molecule has 126 valence electrons. The molecule has 2 rings (SSSR count). The summed E-state index contributed by atoms with van der Waals surface area (Å²) in [7, 11) is 0. The van der Waals surface area contributed by atoms with Crippen molar-refractivity contribution in [3.8, 4) is 5.75 Å². The number of ether oxygens (including phenoxy) is 1. The van der Waals surface area contributed by atoms with E-state index in [1.54, 1.807) is 6.08 Å². The SMILES string of the molecule is CC=C(C(=O)O)[C@H]1CC[C@H](c2ccc(OCCCC)cc2)CC1. The number of carbonyl (C=O) groups is 1. The monoisotopic (exact) mass is 316 g/mol. The van der Waals surface area contributed by atoms with Gasteiger partial charge < -0.3 is 9.84 Å². The Morgan fingerprint density at radius 3 is 2.39 bits per heavy atom. The van der Waals surface area contributed by atoms with E-state index in [4.69, 9.17) is 4.74 Å². The summed E-state index contributed by atoms with van der Waals surface area (Å²) in [6, 6.07) is 8.46. The summed E-state index contributed by atoms with van der Waals surface area (Å²) in [6.07, 6.45) is 8.04. The number of allylic oxidation sites excluding steroid dienone is 1. The van der Waals surface area contributed by atoms with Gasteiger partial charge in [0.2, 0.25) is 0 Å². The first-order chi connectivity index (χ1) is 11.2. The van der Waals surface area contributed by atoms with Crippen molar-refractivity contribution in [1.29, 1.82) is 0 Å². The van der Waals surface area contributed by atoms with Gasteiger partial charge in [0, 0.05) is 5.57 Å². The molecule has 1 aromatic carbocycles. The molecule has 0 saturated heterocycles. The fourth-order valence-corrected chi connectivity index (χ4v) is 3.44. The molecule has 1 aliphatic carbocycles. The molecule has 0 unspecified atom stereocenters. The lowest BCUT2D eigenvalue weighted by molar-refractivity contribution is -0.133. The van der Waals surface area contributed by atoms with Gasteiger partial charge >= 0.3 is 5.97 Å². The smallest absolute Gasteiger partial charge is 0.331 e. The highest BCUT2D eigenvalue weighted by Gasteiger charge is 2.27. The number of rotatable bonds is 7. The molecular weight excluding hydrogens is 288 g/mol. The van der Waals surface area contributed by atoms with Crippen molar-refractivity contribution in [1.82, 2.24) is 0 Å². The molecule has 1 N–H and O–H groups in total. The third-order valence-corrected chi connectivity index (χ3v) is 4.84. The molecule has 1 aliphatic rings. The molecule has 0 aliphatic heterocycles. The Morgan fingerprint density at radius 1 is 1.22 bits per heavy atom. The number of carboxylic acid groups (broad SMARTS) is 1. The number of unbranched alkanes of at least 4 members (excludes halogenated alkanes) is 1. The first-order valence-corrected chi connectivity index (χ1v) is 8.78. The molecule has 23 heavy (non-hydrogen) atoms. The fraction of sp³-hybridized carbons (Fsp3) is 0.550. The summed E-state index contributed by atoms with van der Waals surface area (Å²) < 4.78 is 5.71. The van der Waals surface area contributed by atoms with Crippen LogP contribution in [0.4, 0.5) is 0 Å². The third-order valence-electron chi connectivity index (χ3n) is 4.84. The van der Waals surface area contributed by atoms with Crippen LogP contribution in [-0.4, -0.2) is 17.7 Å². The lowest BCUT2D eigenvalue weighted by Gasteiger charge is -2.29. The van der Waals surface area contributed by atoms with Crippen molar-refractivity contribution in [2.24, 2.45) is 5.92 Å². The Bertz CT molecular complexity index is 522. The Labute approximate surface area is 139 Å². The van der Waals surface area contributed by atoms with E-state index in [1.165, 1.54) is 5.56 Å². The molecule has 0 bridgehead atoms. The Morgan fingerprint density at radius 2 is 1.87 bits per heavy atom. The summed E-state index contributed by atoms with van der Waals surface area (Å²) in [5.74, 6) is 0.940.